The molecule has 0 saturated heterocycles. The summed E-state index contributed by atoms with van der Waals surface area (Å²) in [7, 11) is 0. The Bertz CT molecular complexity index is 1020. The smallest absolute Gasteiger partial charge is 0.293 e. The van der Waals surface area contributed by atoms with Crippen molar-refractivity contribution in [2.75, 3.05) is 11.1 Å². The van der Waals surface area contributed by atoms with Crippen LogP contribution in [-0.2, 0) is 4.79 Å². The highest BCUT2D eigenvalue weighted by molar-refractivity contribution is 7.99. The summed E-state index contributed by atoms with van der Waals surface area (Å²) in [6.07, 6.45) is 0. The molecule has 0 aliphatic heterocycles. The molecule has 26 heavy (non-hydrogen) atoms. The molecule has 3 rings (SSSR count). The van der Waals surface area contributed by atoms with Crippen LogP contribution in [0.4, 0.5) is 11.4 Å². The van der Waals surface area contributed by atoms with Gasteiger partial charge in [-0.1, -0.05) is 23.9 Å². The van der Waals surface area contributed by atoms with E-state index in [2.05, 4.69) is 20.5 Å². The molecule has 3 aromatic rings. The van der Waals surface area contributed by atoms with Crippen molar-refractivity contribution in [3.8, 4) is 0 Å². The van der Waals surface area contributed by atoms with Gasteiger partial charge in [0.1, 0.15) is 11.5 Å². The highest BCUT2D eigenvalue weighted by Gasteiger charge is 2.18. The maximum absolute atomic E-state index is 12.3. The number of fused-ring (bicyclic) bond motifs is 1. The lowest BCUT2D eigenvalue weighted by atomic mass is 10.1. The second-order valence-corrected chi connectivity index (χ2v) is 6.63. The van der Waals surface area contributed by atoms with Crippen LogP contribution in [0.2, 0.25) is 0 Å². The zero-order chi connectivity index (χ0) is 18.8. The molecule has 1 N–H and O–H groups in total. The first-order chi connectivity index (χ1) is 12.4. The van der Waals surface area contributed by atoms with E-state index in [4.69, 9.17) is 0 Å². The minimum Gasteiger partial charge on any atom is -0.319 e. The lowest BCUT2D eigenvalue weighted by Gasteiger charge is -2.08. The Kier molecular flexibility index (Phi) is 4.85. The van der Waals surface area contributed by atoms with Crippen molar-refractivity contribution in [1.82, 2.24) is 19.6 Å². The summed E-state index contributed by atoms with van der Waals surface area (Å²) in [4.78, 5) is 27.3. The van der Waals surface area contributed by atoms with Gasteiger partial charge in [0.25, 0.3) is 5.69 Å². The van der Waals surface area contributed by atoms with E-state index < -0.39 is 4.92 Å². The van der Waals surface area contributed by atoms with Crippen LogP contribution in [0.3, 0.4) is 0 Å². The van der Waals surface area contributed by atoms with Gasteiger partial charge in [-0.25, -0.2) is 4.98 Å². The molecule has 1 amide bonds. The summed E-state index contributed by atoms with van der Waals surface area (Å²) in [5.41, 5.74) is 2.20. The van der Waals surface area contributed by atoms with Gasteiger partial charge in [0.05, 0.1) is 10.7 Å². The number of nitrogens with one attached hydrogen (secondary N) is 1. The Balaban J connectivity index is 1.76. The van der Waals surface area contributed by atoms with Crippen molar-refractivity contribution in [2.24, 2.45) is 0 Å². The summed E-state index contributed by atoms with van der Waals surface area (Å²) in [5.74, 6) is 0.406. The first-order valence-electron chi connectivity index (χ1n) is 7.73. The lowest BCUT2D eigenvalue weighted by Crippen LogP contribution is -2.16. The molecular weight excluding hydrogens is 356 g/mol. The Hall–Kier alpha value is -3.01. The van der Waals surface area contributed by atoms with E-state index in [1.807, 2.05) is 13.8 Å². The normalized spacial score (nSPS) is 10.9. The predicted molar refractivity (Wildman–Crippen MR) is 97.4 cm³/mol. The molecule has 0 bridgehead atoms. The number of rotatable bonds is 5. The van der Waals surface area contributed by atoms with Crippen LogP contribution in [0, 0.1) is 30.9 Å². The Morgan fingerprint density at radius 1 is 1.31 bits per heavy atom. The molecule has 134 valence electrons. The third kappa shape index (κ3) is 3.49. The number of aryl methyl sites for hydroxylation is 3. The van der Waals surface area contributed by atoms with E-state index in [0.29, 0.717) is 16.4 Å². The number of aromatic nitrogens is 4. The van der Waals surface area contributed by atoms with Gasteiger partial charge in [0.15, 0.2) is 10.8 Å². The first kappa shape index (κ1) is 17.8. The minimum atomic E-state index is -0.515. The highest BCUT2D eigenvalue weighted by Crippen LogP contribution is 2.28. The second-order valence-electron chi connectivity index (χ2n) is 5.68. The number of benzene rings is 1. The average Bonchev–Trinajstić information content (AvgIpc) is 2.97. The molecule has 0 spiro atoms. The van der Waals surface area contributed by atoms with E-state index in [-0.39, 0.29) is 23.0 Å². The Morgan fingerprint density at radius 2 is 2.08 bits per heavy atom. The molecular formula is C16H16N6O3S. The molecule has 0 atom stereocenters. The number of anilines is 1. The zero-order valence-corrected chi connectivity index (χ0v) is 15.2. The predicted octanol–water partition coefficient (Wildman–Crippen LogP) is 2.69. The van der Waals surface area contributed by atoms with E-state index in [0.717, 1.165) is 11.5 Å². The van der Waals surface area contributed by atoms with Crippen molar-refractivity contribution in [3.05, 3.63) is 51.5 Å². The molecule has 10 heteroatoms. The fourth-order valence-corrected chi connectivity index (χ4v) is 3.36. The number of hydrogen-bond donors (Lipinski definition) is 1. The van der Waals surface area contributed by atoms with Gasteiger partial charge in [0, 0.05) is 17.8 Å². The van der Waals surface area contributed by atoms with Crippen LogP contribution in [0.25, 0.3) is 5.65 Å². The summed E-state index contributed by atoms with van der Waals surface area (Å²) >= 11 is 1.19. The maximum Gasteiger partial charge on any atom is 0.293 e. The Labute approximate surface area is 153 Å². The largest absolute Gasteiger partial charge is 0.319 e. The molecule has 0 unspecified atom stereocenters. The average molecular weight is 372 g/mol. The number of nitro benzene ring substituents is 1. The number of para-hydroxylation sites is 1. The van der Waals surface area contributed by atoms with Crippen molar-refractivity contribution in [1.29, 1.82) is 0 Å². The fourth-order valence-electron chi connectivity index (χ4n) is 2.57. The van der Waals surface area contributed by atoms with E-state index in [1.165, 1.54) is 17.8 Å². The number of carbonyl (C=O) groups is 1. The van der Waals surface area contributed by atoms with Crippen LogP contribution in [0.15, 0.2) is 29.4 Å². The molecule has 1 aromatic carbocycles. The van der Waals surface area contributed by atoms with Gasteiger partial charge in [-0.05, 0) is 26.3 Å². The van der Waals surface area contributed by atoms with Gasteiger partial charge in [-0.3, -0.25) is 19.3 Å². The van der Waals surface area contributed by atoms with Gasteiger partial charge < -0.3 is 5.32 Å². The van der Waals surface area contributed by atoms with Gasteiger partial charge in [-0.2, -0.15) is 0 Å². The maximum atomic E-state index is 12.3. The molecule has 9 nitrogen and oxygen atoms in total. The highest BCUT2D eigenvalue weighted by atomic mass is 32.2. The van der Waals surface area contributed by atoms with Gasteiger partial charge in [-0.15, -0.1) is 10.2 Å². The minimum absolute atomic E-state index is 0.0413. The third-order valence-electron chi connectivity index (χ3n) is 3.70. The van der Waals surface area contributed by atoms with Crippen LogP contribution in [0.5, 0.6) is 0 Å². The first-order valence-corrected chi connectivity index (χ1v) is 8.71. The lowest BCUT2D eigenvalue weighted by molar-refractivity contribution is -0.384. The Morgan fingerprint density at radius 3 is 2.81 bits per heavy atom. The van der Waals surface area contributed by atoms with Crippen molar-refractivity contribution in [3.63, 3.8) is 0 Å². The molecule has 2 heterocycles. The van der Waals surface area contributed by atoms with E-state index in [1.54, 1.807) is 29.5 Å². The zero-order valence-electron chi connectivity index (χ0n) is 14.4. The number of nitrogens with zero attached hydrogens (tertiary/aromatic N) is 5. The topological polar surface area (TPSA) is 115 Å². The SMILES string of the molecule is Cc1cc2nnc(SCC(=O)Nc3c(C)cccc3[N+](=O)[O-])n2c(C)n1. The monoisotopic (exact) mass is 372 g/mol. The molecule has 0 aliphatic carbocycles. The number of nitro groups is 1. The van der Waals surface area contributed by atoms with Gasteiger partial charge >= 0.3 is 0 Å². The van der Waals surface area contributed by atoms with Crippen LogP contribution in [-0.4, -0.2) is 36.2 Å². The summed E-state index contributed by atoms with van der Waals surface area (Å²) in [6.45, 7) is 5.42. The van der Waals surface area contributed by atoms with Crippen LogP contribution in [0.1, 0.15) is 17.1 Å². The standard InChI is InChI=1S/C16H16N6O3S/c1-9-5-4-6-12(22(24)25)15(9)18-14(23)8-26-16-20-19-13-7-10(2)17-11(3)21(13)16/h4-7H,8H2,1-3H3,(H,18,23). The summed E-state index contributed by atoms with van der Waals surface area (Å²) in [6, 6.07) is 6.46. The summed E-state index contributed by atoms with van der Waals surface area (Å²) < 4.78 is 1.77. The van der Waals surface area contributed by atoms with Crippen LogP contribution >= 0.6 is 11.8 Å². The van der Waals surface area contributed by atoms with E-state index in [9.17, 15) is 14.9 Å². The van der Waals surface area contributed by atoms with Crippen molar-refractivity contribution in [2.45, 2.75) is 25.9 Å². The molecule has 0 saturated carbocycles. The fraction of sp³-hybridized carbons (Fsp3) is 0.250. The quantitative estimate of drug-likeness (QED) is 0.416. The van der Waals surface area contributed by atoms with Gasteiger partial charge in [0.2, 0.25) is 5.91 Å². The third-order valence-corrected chi connectivity index (χ3v) is 4.63. The molecule has 2 aromatic heterocycles. The van der Waals surface area contributed by atoms with Crippen LogP contribution < -0.4 is 5.32 Å². The molecule has 0 aliphatic rings. The van der Waals surface area contributed by atoms with Crippen molar-refractivity contribution < 1.29 is 9.72 Å². The van der Waals surface area contributed by atoms with Crippen molar-refractivity contribution >= 4 is 34.7 Å². The van der Waals surface area contributed by atoms with E-state index >= 15 is 0 Å². The molecule has 0 fully saturated rings. The second kappa shape index (κ2) is 7.08. The number of thioether (sulfide) groups is 1. The summed E-state index contributed by atoms with van der Waals surface area (Å²) in [5, 5.41) is 22.5. The number of hydrogen-bond acceptors (Lipinski definition) is 7. The number of carbonyl (C=O) groups excluding carboxylic acids is 1. The number of amides is 1. The molecule has 0 radical (unpaired) electrons.